The standard InChI is InChI=1S/C13H19N3O5/c1-8(10(18)19)14-9(17)4-7-16-11(20)13(15-12(16)21)5-2-3-6-13/h8H,2-7H2,1H3,(H,14,17)(H,15,21)(H,18,19). The lowest BCUT2D eigenvalue weighted by Gasteiger charge is -2.20. The molecule has 2 fully saturated rings. The molecular formula is C13H19N3O5. The average Bonchev–Trinajstić information content (AvgIpc) is 2.95. The zero-order chi connectivity index (χ0) is 15.6. The fourth-order valence-corrected chi connectivity index (χ4v) is 2.79. The third kappa shape index (κ3) is 2.98. The van der Waals surface area contributed by atoms with Crippen molar-refractivity contribution in [2.75, 3.05) is 6.54 Å². The van der Waals surface area contributed by atoms with Crippen LogP contribution in [0.15, 0.2) is 0 Å². The van der Waals surface area contributed by atoms with Crippen LogP contribution in [0.1, 0.15) is 39.0 Å². The maximum absolute atomic E-state index is 12.3. The summed E-state index contributed by atoms with van der Waals surface area (Å²) in [7, 11) is 0. The molecule has 1 aliphatic heterocycles. The van der Waals surface area contributed by atoms with Gasteiger partial charge in [-0.3, -0.25) is 19.3 Å². The summed E-state index contributed by atoms with van der Waals surface area (Å²) in [6, 6.07) is -1.47. The number of nitrogens with zero attached hydrogens (tertiary/aromatic N) is 1. The third-order valence-electron chi connectivity index (χ3n) is 4.01. The number of hydrogen-bond donors (Lipinski definition) is 3. The number of hydrogen-bond acceptors (Lipinski definition) is 4. The Balaban J connectivity index is 1.88. The lowest BCUT2D eigenvalue weighted by molar-refractivity contribution is -0.141. The van der Waals surface area contributed by atoms with E-state index in [2.05, 4.69) is 10.6 Å². The van der Waals surface area contributed by atoms with Crippen LogP contribution in [0.3, 0.4) is 0 Å². The molecule has 0 bridgehead atoms. The fourth-order valence-electron chi connectivity index (χ4n) is 2.79. The Morgan fingerprint density at radius 1 is 1.38 bits per heavy atom. The molecule has 8 heteroatoms. The van der Waals surface area contributed by atoms with Crippen molar-refractivity contribution in [3.05, 3.63) is 0 Å². The molecule has 0 aromatic carbocycles. The normalized spacial score (nSPS) is 21.5. The van der Waals surface area contributed by atoms with Gasteiger partial charge in [-0.15, -0.1) is 0 Å². The number of nitrogens with one attached hydrogen (secondary N) is 2. The van der Waals surface area contributed by atoms with E-state index in [0.29, 0.717) is 12.8 Å². The van der Waals surface area contributed by atoms with Crippen LogP contribution in [-0.2, 0) is 14.4 Å². The molecule has 8 nitrogen and oxygen atoms in total. The zero-order valence-electron chi connectivity index (χ0n) is 11.8. The summed E-state index contributed by atoms with van der Waals surface area (Å²) >= 11 is 0. The predicted molar refractivity (Wildman–Crippen MR) is 71.3 cm³/mol. The highest BCUT2D eigenvalue weighted by Gasteiger charge is 2.52. The lowest BCUT2D eigenvalue weighted by Crippen LogP contribution is -2.44. The molecule has 2 aliphatic rings. The second-order valence-electron chi connectivity index (χ2n) is 5.55. The summed E-state index contributed by atoms with van der Waals surface area (Å²) in [5.74, 6) is -1.91. The Bertz CT molecular complexity index is 484. The molecule has 1 heterocycles. The molecule has 4 amide bonds. The predicted octanol–water partition coefficient (Wildman–Crippen LogP) is -0.170. The van der Waals surface area contributed by atoms with Gasteiger partial charge in [0.2, 0.25) is 5.91 Å². The van der Waals surface area contributed by atoms with Gasteiger partial charge in [-0.05, 0) is 19.8 Å². The lowest BCUT2D eigenvalue weighted by atomic mass is 9.98. The van der Waals surface area contributed by atoms with Gasteiger partial charge in [0.1, 0.15) is 11.6 Å². The molecule has 1 spiro atoms. The molecule has 0 aromatic rings. The number of carboxylic acids is 1. The number of carboxylic acid groups (broad SMARTS) is 1. The summed E-state index contributed by atoms with van der Waals surface area (Å²) < 4.78 is 0. The van der Waals surface area contributed by atoms with Gasteiger partial charge in [0.25, 0.3) is 5.91 Å². The summed E-state index contributed by atoms with van der Waals surface area (Å²) in [4.78, 5) is 47.4. The Kier molecular flexibility index (Phi) is 4.15. The number of aliphatic carboxylic acids is 1. The molecule has 2 rings (SSSR count). The van der Waals surface area contributed by atoms with Crippen LogP contribution in [0.25, 0.3) is 0 Å². The highest BCUT2D eigenvalue weighted by atomic mass is 16.4. The summed E-state index contributed by atoms with van der Waals surface area (Å²) in [5.41, 5.74) is -0.776. The Hall–Kier alpha value is -2.12. The second-order valence-corrected chi connectivity index (χ2v) is 5.55. The van der Waals surface area contributed by atoms with Crippen LogP contribution in [0.4, 0.5) is 4.79 Å². The molecule has 116 valence electrons. The Morgan fingerprint density at radius 2 is 2.00 bits per heavy atom. The van der Waals surface area contributed by atoms with E-state index in [9.17, 15) is 19.2 Å². The maximum Gasteiger partial charge on any atom is 0.325 e. The van der Waals surface area contributed by atoms with Gasteiger partial charge in [-0.2, -0.15) is 0 Å². The number of rotatable bonds is 5. The summed E-state index contributed by atoms with van der Waals surface area (Å²) in [6.45, 7) is 1.31. The van der Waals surface area contributed by atoms with Gasteiger partial charge in [-0.25, -0.2) is 4.79 Å². The van der Waals surface area contributed by atoms with Gasteiger partial charge in [0.15, 0.2) is 0 Å². The minimum absolute atomic E-state index is 0.0371. The van der Waals surface area contributed by atoms with Crippen LogP contribution in [-0.4, -0.2) is 51.9 Å². The average molecular weight is 297 g/mol. The first-order valence-electron chi connectivity index (χ1n) is 7.02. The topological polar surface area (TPSA) is 116 Å². The van der Waals surface area contributed by atoms with Crippen molar-refractivity contribution in [3.8, 4) is 0 Å². The Labute approximate surface area is 121 Å². The molecule has 0 radical (unpaired) electrons. The smallest absolute Gasteiger partial charge is 0.325 e. The van der Waals surface area contributed by atoms with Crippen LogP contribution >= 0.6 is 0 Å². The van der Waals surface area contributed by atoms with Crippen molar-refractivity contribution in [2.45, 2.75) is 50.6 Å². The van der Waals surface area contributed by atoms with Crippen molar-refractivity contribution < 1.29 is 24.3 Å². The van der Waals surface area contributed by atoms with Crippen LogP contribution in [0.5, 0.6) is 0 Å². The fraction of sp³-hybridized carbons (Fsp3) is 0.692. The van der Waals surface area contributed by atoms with Gasteiger partial charge >= 0.3 is 12.0 Å². The van der Waals surface area contributed by atoms with E-state index in [4.69, 9.17) is 5.11 Å². The van der Waals surface area contributed by atoms with Crippen molar-refractivity contribution >= 4 is 23.8 Å². The highest BCUT2D eigenvalue weighted by Crippen LogP contribution is 2.34. The van der Waals surface area contributed by atoms with Crippen LogP contribution in [0, 0.1) is 0 Å². The van der Waals surface area contributed by atoms with Crippen molar-refractivity contribution in [3.63, 3.8) is 0 Å². The first kappa shape index (κ1) is 15.3. The van der Waals surface area contributed by atoms with E-state index in [0.717, 1.165) is 17.7 Å². The van der Waals surface area contributed by atoms with Crippen LogP contribution < -0.4 is 10.6 Å². The molecule has 0 aromatic heterocycles. The number of carbonyl (C=O) groups excluding carboxylic acids is 3. The molecule has 1 atom stereocenters. The largest absolute Gasteiger partial charge is 0.480 e. The van der Waals surface area contributed by atoms with Crippen molar-refractivity contribution in [1.82, 2.24) is 15.5 Å². The number of amides is 4. The Morgan fingerprint density at radius 3 is 2.57 bits per heavy atom. The van der Waals surface area contributed by atoms with E-state index < -0.39 is 29.5 Å². The first-order chi connectivity index (χ1) is 9.85. The number of imide groups is 1. The monoisotopic (exact) mass is 297 g/mol. The summed E-state index contributed by atoms with van der Waals surface area (Å²) in [5, 5.41) is 13.7. The van der Waals surface area contributed by atoms with Gasteiger partial charge < -0.3 is 15.7 Å². The minimum atomic E-state index is -1.14. The van der Waals surface area contributed by atoms with E-state index in [1.54, 1.807) is 0 Å². The van der Waals surface area contributed by atoms with Gasteiger partial charge in [-0.1, -0.05) is 12.8 Å². The number of urea groups is 1. The molecule has 1 unspecified atom stereocenters. The zero-order valence-corrected chi connectivity index (χ0v) is 11.8. The van der Waals surface area contributed by atoms with E-state index in [1.165, 1.54) is 6.92 Å². The third-order valence-corrected chi connectivity index (χ3v) is 4.01. The molecule has 21 heavy (non-hydrogen) atoms. The molecule has 3 N–H and O–H groups in total. The molecule has 1 saturated carbocycles. The second kappa shape index (κ2) is 5.71. The van der Waals surface area contributed by atoms with Crippen molar-refractivity contribution in [2.24, 2.45) is 0 Å². The number of carbonyl (C=O) groups is 4. The van der Waals surface area contributed by atoms with E-state index in [1.807, 2.05) is 0 Å². The quantitative estimate of drug-likeness (QED) is 0.609. The van der Waals surface area contributed by atoms with Gasteiger partial charge in [0, 0.05) is 13.0 Å². The van der Waals surface area contributed by atoms with E-state index >= 15 is 0 Å². The SMILES string of the molecule is CC(NC(=O)CCN1C(=O)NC2(CCCC2)C1=O)C(=O)O. The maximum atomic E-state index is 12.3. The minimum Gasteiger partial charge on any atom is -0.480 e. The first-order valence-corrected chi connectivity index (χ1v) is 7.02. The van der Waals surface area contributed by atoms with Crippen LogP contribution in [0.2, 0.25) is 0 Å². The van der Waals surface area contributed by atoms with E-state index in [-0.39, 0.29) is 18.9 Å². The summed E-state index contributed by atoms with van der Waals surface area (Å²) in [6.07, 6.45) is 2.96. The van der Waals surface area contributed by atoms with Gasteiger partial charge in [0.05, 0.1) is 0 Å². The molecule has 1 aliphatic carbocycles. The molecule has 1 saturated heterocycles. The van der Waals surface area contributed by atoms with Crippen molar-refractivity contribution in [1.29, 1.82) is 0 Å². The highest BCUT2D eigenvalue weighted by molar-refractivity contribution is 6.07. The molecular weight excluding hydrogens is 278 g/mol.